The largest absolute Gasteiger partial charge is 0.309 e. The lowest BCUT2D eigenvalue weighted by molar-refractivity contribution is 0.00764. The van der Waals surface area contributed by atoms with E-state index >= 15 is 0 Å². The van der Waals surface area contributed by atoms with Crippen molar-refractivity contribution in [3.05, 3.63) is 94.5 Å². The number of benzene rings is 1. The van der Waals surface area contributed by atoms with Crippen molar-refractivity contribution in [2.24, 2.45) is 0 Å². The minimum Gasteiger partial charge on any atom is -0.309 e. The van der Waals surface area contributed by atoms with Crippen LogP contribution in [-0.2, 0) is 12.1 Å². The molecule has 0 saturated carbocycles. The fourth-order valence-corrected chi connectivity index (χ4v) is 4.53. The first-order chi connectivity index (χ1) is 14.1. The van der Waals surface area contributed by atoms with E-state index in [0.717, 1.165) is 11.1 Å². The summed E-state index contributed by atoms with van der Waals surface area (Å²) in [4.78, 5) is 38.7. The van der Waals surface area contributed by atoms with Crippen LogP contribution in [0.2, 0.25) is 5.02 Å². The van der Waals surface area contributed by atoms with Crippen LogP contribution in [0.1, 0.15) is 31.8 Å². The predicted molar refractivity (Wildman–Crippen MR) is 107 cm³/mol. The molecule has 0 N–H and O–H groups in total. The lowest BCUT2D eigenvalue weighted by Crippen LogP contribution is -2.58. The summed E-state index contributed by atoms with van der Waals surface area (Å²) in [5.41, 5.74) is 1.88. The van der Waals surface area contributed by atoms with Gasteiger partial charge < -0.3 is 9.80 Å². The van der Waals surface area contributed by atoms with Crippen molar-refractivity contribution in [3.8, 4) is 0 Å². The number of aromatic nitrogens is 2. The first kappa shape index (κ1) is 17.8. The van der Waals surface area contributed by atoms with E-state index in [4.69, 9.17) is 11.6 Å². The Bertz CT molecular complexity index is 1100. The van der Waals surface area contributed by atoms with Crippen molar-refractivity contribution in [3.63, 3.8) is 0 Å². The van der Waals surface area contributed by atoms with E-state index in [2.05, 4.69) is 9.97 Å². The fraction of sp³-hybridized carbons (Fsp3) is 0.182. The first-order valence-electron chi connectivity index (χ1n) is 9.34. The van der Waals surface area contributed by atoms with Crippen LogP contribution in [0.25, 0.3) is 0 Å². The third-order valence-electron chi connectivity index (χ3n) is 5.72. The summed E-state index contributed by atoms with van der Waals surface area (Å²) in [6.45, 7) is 0.888. The Labute approximate surface area is 172 Å². The molecule has 2 aromatic heterocycles. The monoisotopic (exact) mass is 404 g/mol. The summed E-state index contributed by atoms with van der Waals surface area (Å²) in [7, 11) is 0. The van der Waals surface area contributed by atoms with Crippen LogP contribution >= 0.6 is 11.6 Å². The summed E-state index contributed by atoms with van der Waals surface area (Å²) < 4.78 is 0. The van der Waals surface area contributed by atoms with Gasteiger partial charge in [0.05, 0.1) is 5.56 Å². The van der Waals surface area contributed by atoms with Crippen molar-refractivity contribution in [2.45, 2.75) is 12.1 Å². The van der Waals surface area contributed by atoms with E-state index in [1.165, 1.54) is 0 Å². The maximum Gasteiger partial charge on any atom is 0.257 e. The number of carbonyl (C=O) groups is 2. The highest BCUT2D eigenvalue weighted by Crippen LogP contribution is 2.45. The Hall–Kier alpha value is -3.25. The number of amides is 2. The van der Waals surface area contributed by atoms with Crippen LogP contribution in [0.3, 0.4) is 0 Å². The number of hydrogen-bond donors (Lipinski definition) is 0. The zero-order valence-corrected chi connectivity index (χ0v) is 16.2. The summed E-state index contributed by atoms with van der Waals surface area (Å²) in [5.74, 6) is -0.249. The van der Waals surface area contributed by atoms with Crippen molar-refractivity contribution in [1.82, 2.24) is 19.8 Å². The summed E-state index contributed by atoms with van der Waals surface area (Å²) in [6, 6.07) is 12.6. The Kier molecular flexibility index (Phi) is 4.10. The molecule has 3 aromatic rings. The highest BCUT2D eigenvalue weighted by Gasteiger charge is 2.55. The molecule has 144 valence electrons. The van der Waals surface area contributed by atoms with Gasteiger partial charge >= 0.3 is 0 Å². The topological polar surface area (TPSA) is 66.4 Å². The smallest absolute Gasteiger partial charge is 0.257 e. The molecule has 1 aromatic carbocycles. The number of fused-ring (bicyclic) bond motifs is 2. The number of carbonyl (C=O) groups excluding carboxylic acids is 2. The normalized spacial score (nSPS) is 20.4. The van der Waals surface area contributed by atoms with Crippen LogP contribution in [0, 0.1) is 0 Å². The third-order valence-corrected chi connectivity index (χ3v) is 5.97. The van der Waals surface area contributed by atoms with Gasteiger partial charge in [0.25, 0.3) is 11.8 Å². The molecule has 7 heteroatoms. The van der Waals surface area contributed by atoms with Crippen molar-refractivity contribution < 1.29 is 9.59 Å². The van der Waals surface area contributed by atoms with E-state index in [-0.39, 0.29) is 11.8 Å². The van der Waals surface area contributed by atoms with Gasteiger partial charge in [0.15, 0.2) is 0 Å². The molecular formula is C22H17ClN4O2. The van der Waals surface area contributed by atoms with Gasteiger partial charge in [0.1, 0.15) is 5.66 Å². The quantitative estimate of drug-likeness (QED) is 0.658. The molecule has 4 heterocycles. The Morgan fingerprint density at radius 2 is 1.79 bits per heavy atom. The highest BCUT2D eigenvalue weighted by molar-refractivity contribution is 6.30. The van der Waals surface area contributed by atoms with Crippen molar-refractivity contribution in [1.29, 1.82) is 0 Å². The second kappa shape index (κ2) is 6.67. The van der Waals surface area contributed by atoms with Crippen molar-refractivity contribution >= 4 is 23.4 Å². The van der Waals surface area contributed by atoms with Crippen LogP contribution in [-0.4, -0.2) is 44.7 Å². The fourth-order valence-electron chi connectivity index (χ4n) is 4.41. The summed E-state index contributed by atoms with van der Waals surface area (Å²) in [5, 5.41) is 0.601. The highest BCUT2D eigenvalue weighted by atomic mass is 35.5. The molecule has 2 aliphatic heterocycles. The zero-order valence-electron chi connectivity index (χ0n) is 15.5. The standard InChI is InChI=1S/C22H17ClN4O2/c23-18-5-3-17(4-6-18)22-12-16-14-25-9-7-19(16)21(29)27(22)11-10-26(22)20(28)15-2-1-8-24-13-15/h1-9,13-14H,10-12H2. The lowest BCUT2D eigenvalue weighted by Gasteiger charge is -2.47. The SMILES string of the molecule is O=C(c1cccnc1)N1CCN2C(=O)c3ccncc3CC12c1ccc(Cl)cc1. The van der Waals surface area contributed by atoms with Gasteiger partial charge in [0.2, 0.25) is 0 Å². The second-order valence-corrected chi connectivity index (χ2v) is 7.62. The third kappa shape index (κ3) is 2.63. The number of halogens is 1. The zero-order chi connectivity index (χ0) is 20.0. The molecule has 2 aliphatic rings. The average molecular weight is 405 g/mol. The van der Waals surface area contributed by atoms with Crippen LogP contribution < -0.4 is 0 Å². The molecule has 0 spiro atoms. The van der Waals surface area contributed by atoms with E-state index in [1.54, 1.807) is 64.9 Å². The van der Waals surface area contributed by atoms with E-state index in [1.807, 2.05) is 12.1 Å². The van der Waals surface area contributed by atoms with E-state index in [0.29, 0.717) is 35.7 Å². The Morgan fingerprint density at radius 1 is 1.00 bits per heavy atom. The molecule has 1 atom stereocenters. The van der Waals surface area contributed by atoms with Crippen LogP contribution in [0.4, 0.5) is 0 Å². The van der Waals surface area contributed by atoms with Gasteiger partial charge in [-0.25, -0.2) is 0 Å². The average Bonchev–Trinajstić information content (AvgIpc) is 3.15. The van der Waals surface area contributed by atoms with Gasteiger partial charge in [-0.3, -0.25) is 19.6 Å². The first-order valence-corrected chi connectivity index (χ1v) is 9.72. The number of rotatable bonds is 2. The van der Waals surface area contributed by atoms with Gasteiger partial charge in [-0.15, -0.1) is 0 Å². The van der Waals surface area contributed by atoms with Gasteiger partial charge in [-0.05, 0) is 41.5 Å². The number of nitrogens with zero attached hydrogens (tertiary/aromatic N) is 4. The molecular weight excluding hydrogens is 388 g/mol. The van der Waals surface area contributed by atoms with E-state index < -0.39 is 5.66 Å². The van der Waals surface area contributed by atoms with Crippen LogP contribution in [0.15, 0.2) is 67.3 Å². The van der Waals surface area contributed by atoms with Gasteiger partial charge in [0, 0.05) is 54.9 Å². The second-order valence-electron chi connectivity index (χ2n) is 7.19. The predicted octanol–water partition coefficient (Wildman–Crippen LogP) is 3.14. The number of pyridine rings is 2. The van der Waals surface area contributed by atoms with E-state index in [9.17, 15) is 9.59 Å². The maximum atomic E-state index is 13.5. The molecule has 0 radical (unpaired) electrons. The molecule has 0 bridgehead atoms. The molecule has 0 aliphatic carbocycles. The van der Waals surface area contributed by atoms with Crippen molar-refractivity contribution in [2.75, 3.05) is 13.1 Å². The summed E-state index contributed by atoms with van der Waals surface area (Å²) >= 11 is 6.12. The molecule has 29 heavy (non-hydrogen) atoms. The minimum absolute atomic E-state index is 0.0925. The minimum atomic E-state index is -0.926. The maximum absolute atomic E-state index is 13.5. The molecule has 6 nitrogen and oxygen atoms in total. The molecule has 1 fully saturated rings. The summed E-state index contributed by atoms with van der Waals surface area (Å²) in [6.07, 6.45) is 7.00. The molecule has 1 saturated heterocycles. The molecule has 2 amide bonds. The van der Waals surface area contributed by atoms with Gasteiger partial charge in [-0.1, -0.05) is 23.7 Å². The molecule has 1 unspecified atom stereocenters. The number of hydrogen-bond acceptors (Lipinski definition) is 4. The Morgan fingerprint density at radius 3 is 2.55 bits per heavy atom. The van der Waals surface area contributed by atoms with Crippen LogP contribution in [0.5, 0.6) is 0 Å². The Balaban J connectivity index is 1.70. The molecule has 5 rings (SSSR count). The van der Waals surface area contributed by atoms with Gasteiger partial charge in [-0.2, -0.15) is 0 Å². The lowest BCUT2D eigenvalue weighted by atomic mass is 9.84.